The molecule has 2 aromatic carbocycles. The van der Waals surface area contributed by atoms with Crippen LogP contribution in [0, 0.1) is 5.82 Å². The molecule has 4 heteroatoms. The number of para-hydroxylation sites is 2. The summed E-state index contributed by atoms with van der Waals surface area (Å²) in [5.41, 5.74) is 2.93. The first-order chi connectivity index (χ1) is 8.83. The summed E-state index contributed by atoms with van der Waals surface area (Å²) in [4.78, 5) is 4.31. The molecule has 0 saturated heterocycles. The molecule has 0 unspecified atom stereocenters. The van der Waals surface area contributed by atoms with Gasteiger partial charge in [-0.3, -0.25) is 0 Å². The van der Waals surface area contributed by atoms with Gasteiger partial charge in [-0.1, -0.05) is 12.1 Å². The van der Waals surface area contributed by atoms with Crippen molar-refractivity contribution >= 4 is 16.7 Å². The number of hydrogen-bond donors (Lipinski definition) is 1. The Morgan fingerprint density at radius 3 is 2.67 bits per heavy atom. The second-order valence-corrected chi connectivity index (χ2v) is 4.04. The standard InChI is InChI=1S/C14H12FN3/c15-11-5-7-12(8-6-11)16-9-18-10-17-13-3-1-2-4-14(13)18/h1-8,10,16H,9H2. The lowest BCUT2D eigenvalue weighted by Crippen LogP contribution is -2.06. The third-order valence-electron chi connectivity index (χ3n) is 2.83. The maximum Gasteiger partial charge on any atom is 0.123 e. The third-order valence-corrected chi connectivity index (χ3v) is 2.83. The van der Waals surface area contributed by atoms with Gasteiger partial charge in [0, 0.05) is 5.69 Å². The highest BCUT2D eigenvalue weighted by Crippen LogP contribution is 2.13. The molecule has 1 heterocycles. The highest BCUT2D eigenvalue weighted by Gasteiger charge is 2.00. The van der Waals surface area contributed by atoms with Gasteiger partial charge in [-0.2, -0.15) is 0 Å². The maximum absolute atomic E-state index is 12.8. The molecule has 0 aliphatic carbocycles. The molecular weight excluding hydrogens is 229 g/mol. The van der Waals surface area contributed by atoms with E-state index in [0.29, 0.717) is 6.67 Å². The highest BCUT2D eigenvalue weighted by molar-refractivity contribution is 5.75. The first-order valence-corrected chi connectivity index (χ1v) is 5.72. The average molecular weight is 241 g/mol. The van der Waals surface area contributed by atoms with Gasteiger partial charge >= 0.3 is 0 Å². The molecule has 0 fully saturated rings. The van der Waals surface area contributed by atoms with E-state index in [1.807, 2.05) is 28.8 Å². The van der Waals surface area contributed by atoms with Crippen molar-refractivity contribution in [3.63, 3.8) is 0 Å². The summed E-state index contributed by atoms with van der Waals surface area (Å²) < 4.78 is 14.8. The van der Waals surface area contributed by atoms with Crippen LogP contribution >= 0.6 is 0 Å². The third kappa shape index (κ3) is 2.05. The van der Waals surface area contributed by atoms with Crippen molar-refractivity contribution in [3.8, 4) is 0 Å². The fraction of sp³-hybridized carbons (Fsp3) is 0.0714. The quantitative estimate of drug-likeness (QED) is 0.762. The van der Waals surface area contributed by atoms with Crippen LogP contribution < -0.4 is 5.32 Å². The Balaban J connectivity index is 1.79. The zero-order valence-corrected chi connectivity index (χ0v) is 9.68. The van der Waals surface area contributed by atoms with Crippen LogP contribution in [0.1, 0.15) is 0 Å². The summed E-state index contributed by atoms with van der Waals surface area (Å²) in [7, 11) is 0. The number of nitrogens with one attached hydrogen (secondary N) is 1. The molecule has 0 spiro atoms. The molecule has 0 bridgehead atoms. The molecule has 1 aromatic heterocycles. The topological polar surface area (TPSA) is 29.9 Å². The van der Waals surface area contributed by atoms with Crippen LogP contribution in [0.4, 0.5) is 10.1 Å². The van der Waals surface area contributed by atoms with Crippen molar-refractivity contribution in [2.75, 3.05) is 5.32 Å². The molecule has 3 aromatic rings. The van der Waals surface area contributed by atoms with E-state index in [4.69, 9.17) is 0 Å². The van der Waals surface area contributed by atoms with Crippen molar-refractivity contribution in [2.24, 2.45) is 0 Å². The minimum atomic E-state index is -0.228. The number of halogens is 1. The van der Waals surface area contributed by atoms with Gasteiger partial charge in [0.15, 0.2) is 0 Å². The van der Waals surface area contributed by atoms with Gasteiger partial charge < -0.3 is 9.88 Å². The van der Waals surface area contributed by atoms with E-state index in [1.165, 1.54) is 12.1 Å². The Labute approximate surface area is 104 Å². The van der Waals surface area contributed by atoms with Gasteiger partial charge in [0.25, 0.3) is 0 Å². The molecule has 90 valence electrons. The number of benzene rings is 2. The number of rotatable bonds is 3. The molecule has 18 heavy (non-hydrogen) atoms. The number of imidazole rings is 1. The first kappa shape index (κ1) is 10.8. The van der Waals surface area contributed by atoms with Crippen LogP contribution in [0.15, 0.2) is 54.9 Å². The van der Waals surface area contributed by atoms with Gasteiger partial charge in [0.2, 0.25) is 0 Å². The Morgan fingerprint density at radius 2 is 1.83 bits per heavy atom. The van der Waals surface area contributed by atoms with Crippen LogP contribution in [-0.2, 0) is 6.67 Å². The zero-order chi connectivity index (χ0) is 12.4. The summed E-state index contributed by atoms with van der Waals surface area (Å²) in [5.74, 6) is -0.228. The van der Waals surface area contributed by atoms with E-state index in [-0.39, 0.29) is 5.82 Å². The highest BCUT2D eigenvalue weighted by atomic mass is 19.1. The molecule has 0 aliphatic heterocycles. The van der Waals surface area contributed by atoms with Gasteiger partial charge in [-0.25, -0.2) is 9.37 Å². The average Bonchev–Trinajstić information content (AvgIpc) is 2.82. The van der Waals surface area contributed by atoms with E-state index >= 15 is 0 Å². The second kappa shape index (κ2) is 4.49. The van der Waals surface area contributed by atoms with E-state index in [2.05, 4.69) is 10.3 Å². The zero-order valence-electron chi connectivity index (χ0n) is 9.68. The van der Waals surface area contributed by atoms with E-state index < -0.39 is 0 Å². The number of nitrogens with zero attached hydrogens (tertiary/aromatic N) is 2. The van der Waals surface area contributed by atoms with Crippen LogP contribution in [0.3, 0.4) is 0 Å². The number of aromatic nitrogens is 2. The number of hydrogen-bond acceptors (Lipinski definition) is 2. The summed E-state index contributed by atoms with van der Waals surface area (Å²) in [6, 6.07) is 14.3. The smallest absolute Gasteiger partial charge is 0.123 e. The van der Waals surface area contributed by atoms with Crippen LogP contribution in [-0.4, -0.2) is 9.55 Å². The van der Waals surface area contributed by atoms with Gasteiger partial charge in [0.1, 0.15) is 5.82 Å². The molecule has 0 saturated carbocycles. The fourth-order valence-electron chi connectivity index (χ4n) is 1.88. The molecular formula is C14H12FN3. The lowest BCUT2D eigenvalue weighted by molar-refractivity contribution is 0.628. The van der Waals surface area contributed by atoms with Crippen molar-refractivity contribution in [1.82, 2.24) is 9.55 Å². The predicted octanol–water partition coefficient (Wildman–Crippen LogP) is 3.25. The summed E-state index contributed by atoms with van der Waals surface area (Å²) in [6.45, 7) is 0.603. The van der Waals surface area contributed by atoms with Gasteiger partial charge in [-0.15, -0.1) is 0 Å². The minimum Gasteiger partial charge on any atom is -0.367 e. The lowest BCUT2D eigenvalue weighted by Gasteiger charge is -2.08. The molecule has 0 radical (unpaired) electrons. The van der Waals surface area contributed by atoms with E-state index in [1.54, 1.807) is 18.5 Å². The number of fused-ring (bicyclic) bond motifs is 1. The van der Waals surface area contributed by atoms with Crippen molar-refractivity contribution in [2.45, 2.75) is 6.67 Å². The van der Waals surface area contributed by atoms with Crippen LogP contribution in [0.25, 0.3) is 11.0 Å². The van der Waals surface area contributed by atoms with E-state index in [0.717, 1.165) is 16.7 Å². The number of anilines is 1. The van der Waals surface area contributed by atoms with Gasteiger partial charge in [0.05, 0.1) is 24.0 Å². The summed E-state index contributed by atoms with van der Waals surface area (Å²) in [6.07, 6.45) is 1.79. The molecule has 1 N–H and O–H groups in total. The Bertz CT molecular complexity index is 658. The first-order valence-electron chi connectivity index (χ1n) is 5.72. The summed E-state index contributed by atoms with van der Waals surface area (Å²) in [5, 5.41) is 3.22. The van der Waals surface area contributed by atoms with Crippen LogP contribution in [0.2, 0.25) is 0 Å². The molecule has 3 rings (SSSR count). The Kier molecular flexibility index (Phi) is 2.68. The molecule has 0 atom stereocenters. The molecule has 0 amide bonds. The summed E-state index contributed by atoms with van der Waals surface area (Å²) >= 11 is 0. The predicted molar refractivity (Wildman–Crippen MR) is 69.8 cm³/mol. The fourth-order valence-corrected chi connectivity index (χ4v) is 1.88. The normalized spacial score (nSPS) is 10.7. The lowest BCUT2D eigenvalue weighted by atomic mass is 10.3. The molecule has 0 aliphatic rings. The van der Waals surface area contributed by atoms with Crippen molar-refractivity contribution in [3.05, 3.63) is 60.7 Å². The molecule has 3 nitrogen and oxygen atoms in total. The monoisotopic (exact) mass is 241 g/mol. The SMILES string of the molecule is Fc1ccc(NCn2cnc3ccccc32)cc1. The van der Waals surface area contributed by atoms with Crippen LogP contribution in [0.5, 0.6) is 0 Å². The largest absolute Gasteiger partial charge is 0.367 e. The Morgan fingerprint density at radius 1 is 1.06 bits per heavy atom. The van der Waals surface area contributed by atoms with Crippen molar-refractivity contribution in [1.29, 1.82) is 0 Å². The second-order valence-electron chi connectivity index (χ2n) is 4.04. The maximum atomic E-state index is 12.8. The Hall–Kier alpha value is -2.36. The van der Waals surface area contributed by atoms with Gasteiger partial charge in [-0.05, 0) is 36.4 Å². The minimum absolute atomic E-state index is 0.228. The van der Waals surface area contributed by atoms with E-state index in [9.17, 15) is 4.39 Å². The van der Waals surface area contributed by atoms with Crippen molar-refractivity contribution < 1.29 is 4.39 Å².